The van der Waals surface area contributed by atoms with Crippen LogP contribution < -0.4 is 0 Å². The molecule has 1 aromatic heterocycles. The molecule has 17 heavy (non-hydrogen) atoms. The van der Waals surface area contributed by atoms with Crippen molar-refractivity contribution in [1.82, 2.24) is 9.97 Å². The average Bonchev–Trinajstić information content (AvgIpc) is 2.25. The Labute approximate surface area is 107 Å². The van der Waals surface area contributed by atoms with E-state index in [1.54, 1.807) is 6.92 Å². The monoisotopic (exact) mass is 256 g/mol. The maximum atomic E-state index is 13.4. The molecular weight excluding hydrogens is 239 g/mol. The molecule has 0 atom stereocenters. The minimum Gasteiger partial charge on any atom is -0.235 e. The Kier molecular flexibility index (Phi) is 4.32. The second-order valence-electron chi connectivity index (χ2n) is 4.81. The zero-order valence-corrected chi connectivity index (χ0v) is 10.9. The lowest BCUT2D eigenvalue weighted by Gasteiger charge is -2.18. The highest BCUT2D eigenvalue weighted by Gasteiger charge is 2.19. The van der Waals surface area contributed by atoms with Gasteiger partial charge in [0.25, 0.3) is 0 Å². The predicted octanol–water partition coefficient (Wildman–Crippen LogP) is 4.41. The molecule has 2 rings (SSSR count). The van der Waals surface area contributed by atoms with Gasteiger partial charge in [0.05, 0.1) is 5.69 Å². The van der Waals surface area contributed by atoms with E-state index in [1.165, 1.54) is 32.1 Å². The Morgan fingerprint density at radius 1 is 1.06 bits per heavy atom. The van der Waals surface area contributed by atoms with Gasteiger partial charge >= 0.3 is 0 Å². The van der Waals surface area contributed by atoms with E-state index in [0.29, 0.717) is 11.6 Å². The Morgan fingerprint density at radius 2 is 1.65 bits per heavy atom. The van der Waals surface area contributed by atoms with Crippen molar-refractivity contribution in [2.75, 3.05) is 0 Å². The topological polar surface area (TPSA) is 25.8 Å². The number of hydrogen-bond acceptors (Lipinski definition) is 2. The summed E-state index contributed by atoms with van der Waals surface area (Å²) >= 11 is 5.79. The van der Waals surface area contributed by atoms with Crippen LogP contribution in [0.5, 0.6) is 0 Å². The lowest BCUT2D eigenvalue weighted by molar-refractivity contribution is 0.439. The summed E-state index contributed by atoms with van der Waals surface area (Å²) in [7, 11) is 0. The largest absolute Gasteiger partial charge is 0.235 e. The van der Waals surface area contributed by atoms with Gasteiger partial charge in [-0.2, -0.15) is 0 Å². The highest BCUT2D eigenvalue weighted by atomic mass is 35.5. The average molecular weight is 257 g/mol. The summed E-state index contributed by atoms with van der Waals surface area (Å²) in [4.78, 5) is 8.37. The normalized spacial score (nSPS) is 18.8. The van der Waals surface area contributed by atoms with E-state index in [-0.39, 0.29) is 5.15 Å². The third-order valence-corrected chi connectivity index (χ3v) is 3.71. The summed E-state index contributed by atoms with van der Waals surface area (Å²) in [6.07, 6.45) is 8.51. The van der Waals surface area contributed by atoms with Gasteiger partial charge in [-0.3, -0.25) is 0 Å². The Morgan fingerprint density at radius 3 is 2.24 bits per heavy atom. The van der Waals surface area contributed by atoms with Gasteiger partial charge in [-0.1, -0.05) is 43.7 Å². The Balaban J connectivity index is 2.19. The van der Waals surface area contributed by atoms with Gasteiger partial charge in [-0.25, -0.2) is 14.4 Å². The molecule has 0 radical (unpaired) electrons. The summed E-state index contributed by atoms with van der Waals surface area (Å²) in [6.45, 7) is 1.65. The van der Waals surface area contributed by atoms with Gasteiger partial charge in [0.2, 0.25) is 0 Å². The number of rotatable bonds is 1. The smallest absolute Gasteiger partial charge is 0.181 e. The van der Waals surface area contributed by atoms with Crippen LogP contribution in [0.25, 0.3) is 0 Å². The Bertz CT molecular complexity index is 364. The van der Waals surface area contributed by atoms with Crippen molar-refractivity contribution in [3.8, 4) is 0 Å². The van der Waals surface area contributed by atoms with E-state index < -0.39 is 5.82 Å². The number of nitrogens with zero attached hydrogens (tertiary/aromatic N) is 2. The molecule has 0 spiro atoms. The van der Waals surface area contributed by atoms with Crippen molar-refractivity contribution in [2.24, 2.45) is 0 Å². The van der Waals surface area contributed by atoms with E-state index in [9.17, 15) is 4.39 Å². The van der Waals surface area contributed by atoms with Gasteiger partial charge in [0.15, 0.2) is 11.0 Å². The summed E-state index contributed by atoms with van der Waals surface area (Å²) < 4.78 is 13.4. The number of aromatic nitrogens is 2. The quantitative estimate of drug-likeness (QED) is 0.696. The van der Waals surface area contributed by atoms with Crippen molar-refractivity contribution in [3.63, 3.8) is 0 Å². The molecule has 1 aliphatic rings. The molecule has 0 saturated heterocycles. The molecule has 0 amide bonds. The highest BCUT2D eigenvalue weighted by molar-refractivity contribution is 6.29. The molecule has 0 bridgehead atoms. The molecule has 2 nitrogen and oxygen atoms in total. The lowest BCUT2D eigenvalue weighted by atomic mass is 9.90. The maximum absolute atomic E-state index is 13.4. The first-order valence-electron chi connectivity index (χ1n) is 6.38. The molecule has 4 heteroatoms. The van der Waals surface area contributed by atoms with Crippen molar-refractivity contribution < 1.29 is 4.39 Å². The molecule has 1 saturated carbocycles. The fraction of sp³-hybridized carbons (Fsp3) is 0.692. The van der Waals surface area contributed by atoms with E-state index >= 15 is 0 Å². The van der Waals surface area contributed by atoms with Crippen LogP contribution in [-0.4, -0.2) is 9.97 Å². The van der Waals surface area contributed by atoms with Gasteiger partial charge in [-0.15, -0.1) is 0 Å². The molecule has 1 aliphatic carbocycles. The van der Waals surface area contributed by atoms with Crippen LogP contribution in [0.15, 0.2) is 0 Å². The number of halogens is 2. The van der Waals surface area contributed by atoms with E-state index in [1.807, 2.05) is 0 Å². The number of aryl methyl sites for hydroxylation is 1. The first kappa shape index (κ1) is 12.7. The summed E-state index contributed by atoms with van der Waals surface area (Å²) in [5.74, 6) is 0.601. The third kappa shape index (κ3) is 3.15. The molecule has 0 aliphatic heterocycles. The highest BCUT2D eigenvalue weighted by Crippen LogP contribution is 2.30. The lowest BCUT2D eigenvalue weighted by Crippen LogP contribution is -2.09. The second kappa shape index (κ2) is 5.76. The van der Waals surface area contributed by atoms with Crippen LogP contribution in [0.1, 0.15) is 62.4 Å². The van der Waals surface area contributed by atoms with E-state index in [0.717, 1.165) is 18.7 Å². The minimum absolute atomic E-state index is 0.0328. The van der Waals surface area contributed by atoms with Gasteiger partial charge in [0, 0.05) is 5.92 Å². The second-order valence-corrected chi connectivity index (χ2v) is 5.17. The molecule has 1 fully saturated rings. The molecule has 1 heterocycles. The molecule has 0 N–H and O–H groups in total. The van der Waals surface area contributed by atoms with Crippen LogP contribution >= 0.6 is 11.6 Å². The van der Waals surface area contributed by atoms with Crippen molar-refractivity contribution in [3.05, 3.63) is 22.5 Å². The first-order valence-corrected chi connectivity index (χ1v) is 6.76. The molecule has 94 valence electrons. The van der Waals surface area contributed by atoms with Crippen molar-refractivity contribution >= 4 is 11.6 Å². The predicted molar refractivity (Wildman–Crippen MR) is 66.8 cm³/mol. The van der Waals surface area contributed by atoms with Gasteiger partial charge in [0.1, 0.15) is 5.82 Å². The summed E-state index contributed by atoms with van der Waals surface area (Å²) in [5, 5.41) is -0.0328. The fourth-order valence-corrected chi connectivity index (χ4v) is 2.67. The summed E-state index contributed by atoms with van der Waals surface area (Å²) in [5.41, 5.74) is 0.363. The van der Waals surface area contributed by atoms with Crippen molar-refractivity contribution in [2.45, 2.75) is 57.8 Å². The maximum Gasteiger partial charge on any atom is 0.181 e. The van der Waals surface area contributed by atoms with Gasteiger partial charge < -0.3 is 0 Å². The van der Waals surface area contributed by atoms with E-state index in [4.69, 9.17) is 11.6 Å². The van der Waals surface area contributed by atoms with E-state index in [2.05, 4.69) is 9.97 Å². The fourth-order valence-electron chi connectivity index (χ4n) is 2.44. The van der Waals surface area contributed by atoms with Crippen LogP contribution in [0.2, 0.25) is 5.15 Å². The molecule has 0 unspecified atom stereocenters. The van der Waals surface area contributed by atoms with Crippen LogP contribution in [0.3, 0.4) is 0 Å². The standard InChI is InChI=1S/C13H18ClFN2/c1-9-11(15)12(14)17-13(16-9)10-7-5-3-2-4-6-8-10/h10H,2-8H2,1H3. The minimum atomic E-state index is -0.485. The molecule has 0 aromatic carbocycles. The molecular formula is C13H18ClFN2. The SMILES string of the molecule is Cc1nc(C2CCCCCCC2)nc(Cl)c1F. The van der Waals surface area contributed by atoms with Crippen LogP contribution in [0.4, 0.5) is 4.39 Å². The van der Waals surface area contributed by atoms with Crippen molar-refractivity contribution in [1.29, 1.82) is 0 Å². The Hall–Kier alpha value is -0.700. The van der Waals surface area contributed by atoms with Crippen LogP contribution in [-0.2, 0) is 0 Å². The zero-order chi connectivity index (χ0) is 12.3. The summed E-state index contributed by atoms with van der Waals surface area (Å²) in [6, 6.07) is 0. The molecule has 1 aromatic rings. The van der Waals surface area contributed by atoms with Crippen LogP contribution in [0, 0.1) is 12.7 Å². The first-order chi connectivity index (χ1) is 8.18. The zero-order valence-electron chi connectivity index (χ0n) is 10.2. The van der Waals surface area contributed by atoms with Gasteiger partial charge in [-0.05, 0) is 19.8 Å². The third-order valence-electron chi connectivity index (χ3n) is 3.46. The number of hydrogen-bond donors (Lipinski definition) is 0.